The Labute approximate surface area is 146 Å². The number of anilines is 2. The number of carbonyl (C=O) groups excluding carboxylic acids is 1. The van der Waals surface area contributed by atoms with Crippen LogP contribution in [0.15, 0.2) is 59.5 Å². The Balaban J connectivity index is 2.04. The van der Waals surface area contributed by atoms with Crippen molar-refractivity contribution in [2.24, 2.45) is 0 Å². The maximum atomic E-state index is 12.3. The molecule has 24 heavy (non-hydrogen) atoms. The van der Waals surface area contributed by atoms with Gasteiger partial charge in [0.05, 0.1) is 16.3 Å². The molecule has 7 heteroatoms. The molecule has 2 aromatic carbocycles. The van der Waals surface area contributed by atoms with Crippen molar-refractivity contribution in [1.29, 1.82) is 0 Å². The first-order valence-corrected chi connectivity index (χ1v) is 10.2. The number of hydrogen-bond acceptors (Lipinski definition) is 4. The van der Waals surface area contributed by atoms with Crippen molar-refractivity contribution in [3.63, 3.8) is 0 Å². The summed E-state index contributed by atoms with van der Waals surface area (Å²) in [6.45, 7) is 2.06. The normalized spacial score (nSPS) is 11.0. The van der Waals surface area contributed by atoms with Crippen molar-refractivity contribution >= 4 is 39.1 Å². The molecule has 0 aliphatic rings. The molecule has 128 valence electrons. The topological polar surface area (TPSA) is 75.3 Å². The summed E-state index contributed by atoms with van der Waals surface area (Å²) in [6.07, 6.45) is 1.02. The van der Waals surface area contributed by atoms with Gasteiger partial charge in [-0.25, -0.2) is 8.42 Å². The fourth-order valence-corrected chi connectivity index (χ4v) is 3.74. The molecule has 0 radical (unpaired) electrons. The summed E-state index contributed by atoms with van der Waals surface area (Å²) in [5, 5.41) is 2.77. The van der Waals surface area contributed by atoms with Crippen LogP contribution in [0.1, 0.15) is 13.3 Å². The fourth-order valence-electron chi connectivity index (χ4n) is 1.98. The van der Waals surface area contributed by atoms with E-state index in [0.717, 1.165) is 12.2 Å². The molecule has 0 aliphatic heterocycles. The van der Waals surface area contributed by atoms with Gasteiger partial charge in [-0.1, -0.05) is 31.2 Å². The molecule has 0 bridgehead atoms. The van der Waals surface area contributed by atoms with Gasteiger partial charge >= 0.3 is 0 Å². The third-order valence-corrected chi connectivity index (χ3v) is 5.59. The van der Waals surface area contributed by atoms with Crippen molar-refractivity contribution in [1.82, 2.24) is 0 Å². The molecule has 0 aliphatic carbocycles. The largest absolute Gasteiger partial charge is 0.325 e. The number of rotatable bonds is 8. The molecule has 0 atom stereocenters. The monoisotopic (exact) mass is 364 g/mol. The highest BCUT2D eigenvalue weighted by atomic mass is 32.2. The quantitative estimate of drug-likeness (QED) is 0.702. The summed E-state index contributed by atoms with van der Waals surface area (Å²) in [4.78, 5) is 12.0. The van der Waals surface area contributed by atoms with Crippen LogP contribution in [0.25, 0.3) is 0 Å². The zero-order chi connectivity index (χ0) is 17.4. The second kappa shape index (κ2) is 8.75. The molecule has 0 fully saturated rings. The molecular formula is C17H20N2O3S2. The van der Waals surface area contributed by atoms with Crippen LogP contribution in [0, 0.1) is 0 Å². The molecule has 0 saturated carbocycles. The minimum absolute atomic E-state index is 0.100. The first-order valence-electron chi connectivity index (χ1n) is 7.57. The summed E-state index contributed by atoms with van der Waals surface area (Å²) >= 11 is 1.57. The van der Waals surface area contributed by atoms with Crippen LogP contribution >= 0.6 is 11.8 Å². The van der Waals surface area contributed by atoms with Gasteiger partial charge in [0.1, 0.15) is 0 Å². The zero-order valence-corrected chi connectivity index (χ0v) is 15.0. The highest BCUT2D eigenvalue weighted by molar-refractivity contribution is 7.99. The van der Waals surface area contributed by atoms with Crippen LogP contribution in [0.4, 0.5) is 11.4 Å². The minimum atomic E-state index is -3.64. The summed E-state index contributed by atoms with van der Waals surface area (Å²) in [7, 11) is -3.64. The van der Waals surface area contributed by atoms with Gasteiger partial charge in [0.25, 0.3) is 10.0 Å². The Morgan fingerprint density at radius 2 is 1.75 bits per heavy atom. The van der Waals surface area contributed by atoms with Gasteiger partial charge < -0.3 is 5.32 Å². The predicted molar refractivity (Wildman–Crippen MR) is 99.9 cm³/mol. The first kappa shape index (κ1) is 18.4. The van der Waals surface area contributed by atoms with E-state index < -0.39 is 10.0 Å². The molecule has 2 N–H and O–H groups in total. The van der Waals surface area contributed by atoms with Crippen LogP contribution in [0.5, 0.6) is 0 Å². The van der Waals surface area contributed by atoms with E-state index in [1.165, 1.54) is 12.1 Å². The van der Waals surface area contributed by atoms with Crippen LogP contribution in [-0.2, 0) is 14.8 Å². The van der Waals surface area contributed by atoms with Crippen molar-refractivity contribution in [3.8, 4) is 0 Å². The Bertz CT molecular complexity index is 777. The standard InChI is InChI=1S/C17H20N2O3S2/c1-2-11-23-13-17(20)18-14-7-6-8-15(12-14)19-24(21,22)16-9-4-3-5-10-16/h3-10,12,19H,2,11,13H2,1H3,(H,18,20). The molecule has 2 rings (SSSR count). The Morgan fingerprint density at radius 3 is 2.46 bits per heavy atom. The van der Waals surface area contributed by atoms with Gasteiger partial charge in [-0.05, 0) is 42.5 Å². The van der Waals surface area contributed by atoms with E-state index in [4.69, 9.17) is 0 Å². The first-order chi connectivity index (χ1) is 11.5. The van der Waals surface area contributed by atoms with E-state index in [1.54, 1.807) is 54.2 Å². The lowest BCUT2D eigenvalue weighted by Crippen LogP contribution is -2.15. The lowest BCUT2D eigenvalue weighted by molar-refractivity contribution is -0.113. The molecular weight excluding hydrogens is 344 g/mol. The van der Waals surface area contributed by atoms with Gasteiger partial charge in [-0.2, -0.15) is 11.8 Å². The lowest BCUT2D eigenvalue weighted by atomic mass is 10.3. The highest BCUT2D eigenvalue weighted by Crippen LogP contribution is 2.19. The number of thioether (sulfide) groups is 1. The lowest BCUT2D eigenvalue weighted by Gasteiger charge is -2.10. The van der Waals surface area contributed by atoms with E-state index >= 15 is 0 Å². The number of benzene rings is 2. The van der Waals surface area contributed by atoms with Gasteiger partial charge in [-0.3, -0.25) is 9.52 Å². The fraction of sp³-hybridized carbons (Fsp3) is 0.235. The maximum Gasteiger partial charge on any atom is 0.261 e. The smallest absolute Gasteiger partial charge is 0.261 e. The third kappa shape index (κ3) is 5.58. The summed E-state index contributed by atoms with van der Waals surface area (Å²) in [6, 6.07) is 14.8. The van der Waals surface area contributed by atoms with Crippen LogP contribution < -0.4 is 10.0 Å². The van der Waals surface area contributed by atoms with E-state index in [0.29, 0.717) is 17.1 Å². The van der Waals surface area contributed by atoms with Crippen molar-refractivity contribution in [2.45, 2.75) is 18.2 Å². The molecule has 5 nitrogen and oxygen atoms in total. The summed E-state index contributed by atoms with van der Waals surface area (Å²) in [5.74, 6) is 1.22. The van der Waals surface area contributed by atoms with Gasteiger partial charge in [-0.15, -0.1) is 0 Å². The van der Waals surface area contributed by atoms with Crippen LogP contribution in [0.3, 0.4) is 0 Å². The molecule has 1 amide bonds. The maximum absolute atomic E-state index is 12.3. The van der Waals surface area contributed by atoms with Crippen LogP contribution in [0.2, 0.25) is 0 Å². The number of sulfonamides is 1. The Kier molecular flexibility index (Phi) is 6.69. The molecule has 0 aromatic heterocycles. The van der Waals surface area contributed by atoms with E-state index in [2.05, 4.69) is 17.0 Å². The Morgan fingerprint density at radius 1 is 1.04 bits per heavy atom. The number of hydrogen-bond donors (Lipinski definition) is 2. The summed E-state index contributed by atoms with van der Waals surface area (Å²) in [5.41, 5.74) is 0.961. The number of carbonyl (C=O) groups is 1. The van der Waals surface area contributed by atoms with Gasteiger partial charge in [0.2, 0.25) is 5.91 Å². The molecule has 0 unspecified atom stereocenters. The van der Waals surface area contributed by atoms with E-state index in [1.807, 2.05) is 0 Å². The second-order valence-corrected chi connectivity index (χ2v) is 7.89. The number of amides is 1. The van der Waals surface area contributed by atoms with Gasteiger partial charge in [0.15, 0.2) is 0 Å². The number of nitrogens with one attached hydrogen (secondary N) is 2. The molecule has 0 heterocycles. The molecule has 2 aromatic rings. The highest BCUT2D eigenvalue weighted by Gasteiger charge is 2.13. The summed E-state index contributed by atoms with van der Waals surface area (Å²) < 4.78 is 27.1. The second-order valence-electron chi connectivity index (χ2n) is 5.10. The minimum Gasteiger partial charge on any atom is -0.325 e. The average Bonchev–Trinajstić information content (AvgIpc) is 2.56. The van der Waals surface area contributed by atoms with Crippen molar-refractivity contribution in [3.05, 3.63) is 54.6 Å². The predicted octanol–water partition coefficient (Wildman–Crippen LogP) is 3.57. The molecule has 0 spiro atoms. The van der Waals surface area contributed by atoms with Crippen molar-refractivity contribution < 1.29 is 13.2 Å². The SMILES string of the molecule is CCCSCC(=O)Nc1cccc(NS(=O)(=O)c2ccccc2)c1. The Hall–Kier alpha value is -1.99. The molecule has 0 saturated heterocycles. The zero-order valence-electron chi connectivity index (χ0n) is 13.4. The van der Waals surface area contributed by atoms with Crippen molar-refractivity contribution in [2.75, 3.05) is 21.5 Å². The average molecular weight is 364 g/mol. The van der Waals surface area contributed by atoms with Crippen LogP contribution in [-0.4, -0.2) is 25.8 Å². The van der Waals surface area contributed by atoms with E-state index in [-0.39, 0.29) is 10.8 Å². The third-order valence-electron chi connectivity index (χ3n) is 3.03. The van der Waals surface area contributed by atoms with E-state index in [9.17, 15) is 13.2 Å². The van der Waals surface area contributed by atoms with Gasteiger partial charge in [0, 0.05) is 5.69 Å².